The molecule has 0 spiro atoms. The topological polar surface area (TPSA) is 72.8 Å². The van der Waals surface area contributed by atoms with Crippen molar-refractivity contribution in [3.8, 4) is 0 Å². The second-order valence-electron chi connectivity index (χ2n) is 2.72. The molecule has 0 aromatic heterocycles. The normalized spacial score (nSPS) is 11.9. The first kappa shape index (κ1) is 13.8. The number of unbranched alkanes of at least 4 members (excludes halogenated alkanes) is 1. The van der Waals surface area contributed by atoms with Crippen LogP contribution in [0.25, 0.3) is 0 Å². The predicted molar refractivity (Wildman–Crippen MR) is 52.4 cm³/mol. The first-order valence-electron chi connectivity index (χ1n) is 4.52. The first-order chi connectivity index (χ1) is 6.56. The first-order valence-corrected chi connectivity index (χ1v) is 6.02. The van der Waals surface area contributed by atoms with E-state index in [1.807, 2.05) is 0 Å². The quantitative estimate of drug-likeness (QED) is 0.465. The molecule has 0 aromatic carbocycles. The highest BCUT2D eigenvalue weighted by atomic mass is 32.2. The van der Waals surface area contributed by atoms with Gasteiger partial charge in [-0.25, -0.2) is 0 Å². The largest absolute Gasteiger partial charge is 0.379 e. The van der Waals surface area contributed by atoms with Crippen LogP contribution in [0.5, 0.6) is 0 Å². The Morgan fingerprint density at radius 3 is 2.43 bits per heavy atom. The molecule has 1 N–H and O–H groups in total. The molecule has 0 aliphatic carbocycles. The molecule has 14 heavy (non-hydrogen) atoms. The van der Waals surface area contributed by atoms with Crippen molar-refractivity contribution in [1.29, 1.82) is 0 Å². The van der Waals surface area contributed by atoms with Crippen molar-refractivity contribution in [3.63, 3.8) is 0 Å². The highest BCUT2D eigenvalue weighted by Crippen LogP contribution is 1.91. The van der Waals surface area contributed by atoms with Crippen LogP contribution in [0.15, 0.2) is 0 Å². The molecule has 0 atom stereocenters. The van der Waals surface area contributed by atoms with Gasteiger partial charge in [-0.2, -0.15) is 8.42 Å². The van der Waals surface area contributed by atoms with E-state index in [0.717, 1.165) is 12.8 Å². The SMILES string of the molecule is CCCCOCCOC[CH]S(=O)(=O)O. The maximum atomic E-state index is 10.2. The lowest BCUT2D eigenvalue weighted by atomic mass is 10.4. The van der Waals surface area contributed by atoms with Gasteiger partial charge in [0.25, 0.3) is 10.1 Å². The zero-order valence-electron chi connectivity index (χ0n) is 8.31. The Hall–Kier alpha value is -0.170. The monoisotopic (exact) mass is 225 g/mol. The van der Waals surface area contributed by atoms with Crippen LogP contribution in [0.3, 0.4) is 0 Å². The fourth-order valence-corrected chi connectivity index (χ4v) is 0.952. The Morgan fingerprint density at radius 2 is 1.86 bits per heavy atom. The van der Waals surface area contributed by atoms with Crippen LogP contribution < -0.4 is 0 Å². The summed E-state index contributed by atoms with van der Waals surface area (Å²) in [4.78, 5) is 0. The van der Waals surface area contributed by atoms with Crippen molar-refractivity contribution in [2.75, 3.05) is 26.4 Å². The van der Waals surface area contributed by atoms with Gasteiger partial charge in [0.1, 0.15) is 5.75 Å². The van der Waals surface area contributed by atoms with Gasteiger partial charge >= 0.3 is 0 Å². The molecule has 0 amide bonds. The summed E-state index contributed by atoms with van der Waals surface area (Å²) in [5, 5.41) is 0. The Morgan fingerprint density at radius 1 is 1.21 bits per heavy atom. The van der Waals surface area contributed by atoms with Crippen LogP contribution in [-0.4, -0.2) is 39.4 Å². The molecule has 1 radical (unpaired) electrons. The van der Waals surface area contributed by atoms with Crippen molar-refractivity contribution in [2.45, 2.75) is 19.8 Å². The summed E-state index contributed by atoms with van der Waals surface area (Å²) in [6.45, 7) is 3.42. The lowest BCUT2D eigenvalue weighted by Gasteiger charge is -2.03. The molecule has 0 unspecified atom stereocenters. The minimum atomic E-state index is -4.02. The number of ether oxygens (including phenoxy) is 2. The van der Waals surface area contributed by atoms with Gasteiger partial charge in [0, 0.05) is 6.61 Å². The molecule has 85 valence electrons. The Bertz CT molecular complexity index is 212. The molecule has 0 saturated carbocycles. The third kappa shape index (κ3) is 11.8. The Kier molecular flexibility index (Phi) is 8.07. The molecular formula is C8H17O5S. The second kappa shape index (κ2) is 8.16. The molecule has 0 aliphatic rings. The molecular weight excluding hydrogens is 208 g/mol. The van der Waals surface area contributed by atoms with Gasteiger partial charge in [-0.15, -0.1) is 0 Å². The van der Waals surface area contributed by atoms with Crippen LogP contribution in [-0.2, 0) is 19.6 Å². The van der Waals surface area contributed by atoms with Crippen LogP contribution in [0.4, 0.5) is 0 Å². The summed E-state index contributed by atoms with van der Waals surface area (Å²) in [6.07, 6.45) is 2.09. The summed E-state index contributed by atoms with van der Waals surface area (Å²) < 4.78 is 38.7. The fraction of sp³-hybridized carbons (Fsp3) is 0.875. The molecule has 5 nitrogen and oxygen atoms in total. The minimum Gasteiger partial charge on any atom is -0.379 e. The van der Waals surface area contributed by atoms with E-state index < -0.39 is 10.1 Å². The highest BCUT2D eigenvalue weighted by Gasteiger charge is 2.03. The Labute approximate surface area is 85.1 Å². The van der Waals surface area contributed by atoms with Crippen molar-refractivity contribution in [2.24, 2.45) is 0 Å². The van der Waals surface area contributed by atoms with E-state index in [0.29, 0.717) is 25.6 Å². The van der Waals surface area contributed by atoms with Crippen LogP contribution >= 0.6 is 0 Å². The van der Waals surface area contributed by atoms with Crippen LogP contribution in [0.1, 0.15) is 19.8 Å². The van der Waals surface area contributed by atoms with Gasteiger partial charge in [-0.3, -0.25) is 4.55 Å². The third-order valence-corrected chi connectivity index (χ3v) is 1.97. The summed E-state index contributed by atoms with van der Waals surface area (Å²) >= 11 is 0. The second-order valence-corrected chi connectivity index (χ2v) is 4.09. The minimum absolute atomic E-state index is 0.115. The van der Waals surface area contributed by atoms with Crippen molar-refractivity contribution < 1.29 is 22.4 Å². The predicted octanol–water partition coefficient (Wildman–Crippen LogP) is 0.869. The van der Waals surface area contributed by atoms with E-state index in [-0.39, 0.29) is 6.61 Å². The third-order valence-electron chi connectivity index (χ3n) is 1.41. The molecule has 6 heteroatoms. The van der Waals surface area contributed by atoms with Gasteiger partial charge in [-0.05, 0) is 6.42 Å². The average Bonchev–Trinajstić information content (AvgIpc) is 2.08. The van der Waals surface area contributed by atoms with E-state index in [4.69, 9.17) is 14.0 Å². The average molecular weight is 225 g/mol. The summed E-state index contributed by atoms with van der Waals surface area (Å²) in [5.41, 5.74) is 0. The van der Waals surface area contributed by atoms with Crippen molar-refractivity contribution >= 4 is 10.1 Å². The van der Waals surface area contributed by atoms with Crippen LogP contribution in [0, 0.1) is 5.75 Å². The molecule has 0 heterocycles. The van der Waals surface area contributed by atoms with Crippen molar-refractivity contribution in [3.05, 3.63) is 5.75 Å². The zero-order valence-corrected chi connectivity index (χ0v) is 9.12. The summed E-state index contributed by atoms with van der Waals surface area (Å²) in [5.74, 6) is 0.707. The molecule has 0 bridgehead atoms. The van der Waals surface area contributed by atoms with Gasteiger partial charge in [0.2, 0.25) is 0 Å². The van der Waals surface area contributed by atoms with E-state index in [1.165, 1.54) is 0 Å². The fourth-order valence-electron chi connectivity index (χ4n) is 0.684. The number of rotatable bonds is 9. The lowest BCUT2D eigenvalue weighted by molar-refractivity contribution is 0.0556. The molecule has 0 aromatic rings. The van der Waals surface area contributed by atoms with E-state index in [2.05, 4.69) is 6.92 Å². The molecule has 0 saturated heterocycles. The standard InChI is InChI=1S/C8H17O5S/c1-2-3-4-12-5-6-13-7-8-14(9,10)11/h8H,2-7H2,1H3,(H,9,10,11). The maximum Gasteiger partial charge on any atom is 0.271 e. The zero-order chi connectivity index (χ0) is 10.9. The van der Waals surface area contributed by atoms with Gasteiger partial charge in [0.05, 0.1) is 19.8 Å². The summed E-state index contributed by atoms with van der Waals surface area (Å²) in [7, 11) is -4.02. The maximum absolute atomic E-state index is 10.2. The van der Waals surface area contributed by atoms with Gasteiger partial charge in [-0.1, -0.05) is 13.3 Å². The molecule has 0 rings (SSSR count). The summed E-state index contributed by atoms with van der Waals surface area (Å²) in [6, 6.07) is 0. The van der Waals surface area contributed by atoms with E-state index in [9.17, 15) is 8.42 Å². The smallest absolute Gasteiger partial charge is 0.271 e. The van der Waals surface area contributed by atoms with Gasteiger partial charge < -0.3 is 9.47 Å². The number of hydrogen-bond donors (Lipinski definition) is 1. The lowest BCUT2D eigenvalue weighted by Crippen LogP contribution is -2.09. The molecule has 0 aliphatic heterocycles. The van der Waals surface area contributed by atoms with Gasteiger partial charge in [0.15, 0.2) is 0 Å². The number of hydrogen-bond acceptors (Lipinski definition) is 4. The van der Waals surface area contributed by atoms with E-state index in [1.54, 1.807) is 0 Å². The van der Waals surface area contributed by atoms with E-state index >= 15 is 0 Å². The highest BCUT2D eigenvalue weighted by molar-refractivity contribution is 7.87. The molecule has 0 fully saturated rings. The Balaban J connectivity index is 3.07. The van der Waals surface area contributed by atoms with Crippen molar-refractivity contribution in [1.82, 2.24) is 0 Å². The van der Waals surface area contributed by atoms with Crippen LogP contribution in [0.2, 0.25) is 0 Å².